The smallest absolute Gasteiger partial charge is 0.191 e. The summed E-state index contributed by atoms with van der Waals surface area (Å²) in [5.41, 5.74) is 0. The van der Waals surface area contributed by atoms with Crippen molar-refractivity contribution in [3.8, 4) is 0 Å². The van der Waals surface area contributed by atoms with Gasteiger partial charge in [-0.25, -0.2) is 0 Å². The van der Waals surface area contributed by atoms with E-state index in [9.17, 15) is 0 Å². The molecule has 154 valence electrons. The Kier molecular flexibility index (Phi) is 12.8. The molecule has 2 aliphatic rings. The van der Waals surface area contributed by atoms with Crippen molar-refractivity contribution < 1.29 is 9.47 Å². The van der Waals surface area contributed by atoms with Crippen molar-refractivity contribution in [2.24, 2.45) is 10.9 Å². The summed E-state index contributed by atoms with van der Waals surface area (Å²) in [5, 5.41) is 6.76. The summed E-state index contributed by atoms with van der Waals surface area (Å²) in [6.07, 6.45) is 6.90. The van der Waals surface area contributed by atoms with Crippen molar-refractivity contribution in [3.05, 3.63) is 0 Å². The molecule has 2 N–H and O–H groups in total. The molecule has 26 heavy (non-hydrogen) atoms. The van der Waals surface area contributed by atoms with Gasteiger partial charge in [0.2, 0.25) is 0 Å². The minimum absolute atomic E-state index is 0. The van der Waals surface area contributed by atoms with Gasteiger partial charge in [0.15, 0.2) is 5.96 Å². The zero-order chi connectivity index (χ0) is 17.9. The van der Waals surface area contributed by atoms with Crippen molar-refractivity contribution in [3.63, 3.8) is 0 Å². The lowest BCUT2D eigenvalue weighted by molar-refractivity contribution is -0.0284. The van der Waals surface area contributed by atoms with Crippen molar-refractivity contribution in [1.29, 1.82) is 0 Å². The molecule has 0 aromatic rings. The van der Waals surface area contributed by atoms with Crippen molar-refractivity contribution in [2.45, 2.75) is 58.2 Å². The summed E-state index contributed by atoms with van der Waals surface area (Å²) in [6, 6.07) is 0. The zero-order valence-electron chi connectivity index (χ0n) is 16.8. The Labute approximate surface area is 176 Å². The topological polar surface area (TPSA) is 58.1 Å². The molecule has 0 aromatic carbocycles. The molecular formula is C19H39IN4O2. The van der Waals surface area contributed by atoms with E-state index in [1.54, 1.807) is 0 Å². The highest BCUT2D eigenvalue weighted by Gasteiger charge is 2.21. The van der Waals surface area contributed by atoms with Gasteiger partial charge in [-0.1, -0.05) is 26.7 Å². The predicted octanol–water partition coefficient (Wildman–Crippen LogP) is 2.48. The maximum absolute atomic E-state index is 5.89. The Bertz CT molecular complexity index is 390. The summed E-state index contributed by atoms with van der Waals surface area (Å²) in [5.74, 6) is 1.55. The normalized spacial score (nSPS) is 22.5. The number of nitrogens with zero attached hydrogens (tertiary/aromatic N) is 2. The Balaban J connectivity index is 0.00000338. The summed E-state index contributed by atoms with van der Waals surface area (Å²) in [7, 11) is 1.82. The minimum Gasteiger partial charge on any atom is -0.378 e. The molecule has 0 aromatic heterocycles. The molecule has 1 aliphatic carbocycles. The van der Waals surface area contributed by atoms with Gasteiger partial charge in [-0.05, 0) is 25.2 Å². The maximum atomic E-state index is 5.89. The van der Waals surface area contributed by atoms with Gasteiger partial charge in [-0.2, -0.15) is 0 Å². The third kappa shape index (κ3) is 9.71. The SMILES string of the molecule is CN=C(NCCCOC1CCCC1)NCC1CN(CC(C)C)CCO1.I. The van der Waals surface area contributed by atoms with E-state index in [4.69, 9.17) is 9.47 Å². The third-order valence-electron chi connectivity index (χ3n) is 4.84. The van der Waals surface area contributed by atoms with E-state index in [0.717, 1.165) is 58.3 Å². The number of morpholine rings is 1. The molecule has 1 saturated carbocycles. The fourth-order valence-electron chi connectivity index (χ4n) is 3.60. The van der Waals surface area contributed by atoms with Crippen LogP contribution in [0.2, 0.25) is 0 Å². The second-order valence-corrected chi connectivity index (χ2v) is 7.66. The molecule has 0 radical (unpaired) electrons. The second-order valence-electron chi connectivity index (χ2n) is 7.66. The highest BCUT2D eigenvalue weighted by atomic mass is 127. The van der Waals surface area contributed by atoms with Crippen LogP contribution in [0, 0.1) is 5.92 Å². The van der Waals surface area contributed by atoms with Crippen LogP contribution < -0.4 is 10.6 Å². The van der Waals surface area contributed by atoms with Gasteiger partial charge >= 0.3 is 0 Å². The Morgan fingerprint density at radius 2 is 2.04 bits per heavy atom. The van der Waals surface area contributed by atoms with Crippen LogP contribution in [0.5, 0.6) is 0 Å². The zero-order valence-corrected chi connectivity index (χ0v) is 19.2. The van der Waals surface area contributed by atoms with E-state index in [1.165, 1.54) is 25.7 Å². The fraction of sp³-hybridized carbons (Fsp3) is 0.947. The van der Waals surface area contributed by atoms with Gasteiger partial charge in [0.05, 0.1) is 18.8 Å². The highest BCUT2D eigenvalue weighted by Crippen LogP contribution is 2.20. The number of guanidine groups is 1. The first kappa shape index (κ1) is 23.9. The molecule has 0 bridgehead atoms. The van der Waals surface area contributed by atoms with Gasteiger partial charge in [0, 0.05) is 46.4 Å². The molecule has 1 atom stereocenters. The van der Waals surface area contributed by atoms with Crippen LogP contribution in [0.25, 0.3) is 0 Å². The first-order chi connectivity index (χ1) is 12.2. The lowest BCUT2D eigenvalue weighted by Gasteiger charge is -2.34. The van der Waals surface area contributed by atoms with Crippen LogP contribution in [0.4, 0.5) is 0 Å². The van der Waals surface area contributed by atoms with Gasteiger partial charge in [0.25, 0.3) is 0 Å². The predicted molar refractivity (Wildman–Crippen MR) is 119 cm³/mol. The third-order valence-corrected chi connectivity index (χ3v) is 4.84. The summed E-state index contributed by atoms with van der Waals surface area (Å²) >= 11 is 0. The number of aliphatic imine (C=N–C) groups is 1. The molecule has 1 aliphatic heterocycles. The maximum Gasteiger partial charge on any atom is 0.191 e. The quantitative estimate of drug-likeness (QED) is 0.229. The standard InChI is InChI=1S/C19H38N4O2.HI/c1-16(2)14-23-10-12-25-18(15-23)13-22-19(20-3)21-9-6-11-24-17-7-4-5-8-17;/h16-18H,4-15H2,1-3H3,(H2,20,21,22);1H. The number of halogens is 1. The number of hydrogen-bond acceptors (Lipinski definition) is 4. The molecule has 1 saturated heterocycles. The van der Waals surface area contributed by atoms with E-state index < -0.39 is 0 Å². The average Bonchev–Trinajstić information content (AvgIpc) is 3.10. The second kappa shape index (κ2) is 14.0. The van der Waals surface area contributed by atoms with E-state index in [2.05, 4.69) is 34.4 Å². The molecule has 0 amide bonds. The summed E-state index contributed by atoms with van der Waals surface area (Å²) in [6.45, 7) is 11.1. The van der Waals surface area contributed by atoms with E-state index >= 15 is 0 Å². The van der Waals surface area contributed by atoms with Gasteiger partial charge in [0.1, 0.15) is 0 Å². The molecular weight excluding hydrogens is 443 g/mol. The fourth-order valence-corrected chi connectivity index (χ4v) is 3.60. The lowest BCUT2D eigenvalue weighted by atomic mass is 10.2. The van der Waals surface area contributed by atoms with Crippen LogP contribution in [0.1, 0.15) is 46.0 Å². The molecule has 2 fully saturated rings. The van der Waals surface area contributed by atoms with Gasteiger partial charge < -0.3 is 20.1 Å². The Hall–Kier alpha value is -0.120. The van der Waals surface area contributed by atoms with E-state index in [0.29, 0.717) is 12.0 Å². The molecule has 6 nitrogen and oxygen atoms in total. The average molecular weight is 482 g/mol. The number of hydrogen-bond donors (Lipinski definition) is 2. The van der Waals surface area contributed by atoms with Crippen LogP contribution in [0.3, 0.4) is 0 Å². The lowest BCUT2D eigenvalue weighted by Crippen LogP contribution is -2.50. The van der Waals surface area contributed by atoms with Crippen LogP contribution >= 0.6 is 24.0 Å². The largest absolute Gasteiger partial charge is 0.378 e. The first-order valence-corrected chi connectivity index (χ1v) is 10.1. The van der Waals surface area contributed by atoms with Crippen molar-refractivity contribution >= 4 is 29.9 Å². The first-order valence-electron chi connectivity index (χ1n) is 10.1. The van der Waals surface area contributed by atoms with Gasteiger partial charge in [-0.3, -0.25) is 9.89 Å². The highest BCUT2D eigenvalue weighted by molar-refractivity contribution is 14.0. The monoisotopic (exact) mass is 482 g/mol. The van der Waals surface area contributed by atoms with Crippen molar-refractivity contribution in [2.75, 3.05) is 53.0 Å². The summed E-state index contributed by atoms with van der Waals surface area (Å²) in [4.78, 5) is 6.80. The number of nitrogens with one attached hydrogen (secondary N) is 2. The summed E-state index contributed by atoms with van der Waals surface area (Å²) < 4.78 is 11.8. The minimum atomic E-state index is 0. The molecule has 7 heteroatoms. The van der Waals surface area contributed by atoms with E-state index in [1.807, 2.05) is 7.05 Å². The van der Waals surface area contributed by atoms with Crippen LogP contribution in [0.15, 0.2) is 4.99 Å². The van der Waals surface area contributed by atoms with Crippen LogP contribution in [-0.4, -0.2) is 76.1 Å². The van der Waals surface area contributed by atoms with Gasteiger partial charge in [-0.15, -0.1) is 24.0 Å². The van der Waals surface area contributed by atoms with Crippen molar-refractivity contribution in [1.82, 2.24) is 15.5 Å². The Morgan fingerprint density at radius 1 is 1.27 bits per heavy atom. The molecule has 2 rings (SSSR count). The Morgan fingerprint density at radius 3 is 2.73 bits per heavy atom. The number of rotatable bonds is 9. The van der Waals surface area contributed by atoms with Crippen LogP contribution in [-0.2, 0) is 9.47 Å². The van der Waals surface area contributed by atoms with E-state index in [-0.39, 0.29) is 30.1 Å². The molecule has 0 spiro atoms. The molecule has 1 unspecified atom stereocenters. The number of ether oxygens (including phenoxy) is 2. The molecule has 1 heterocycles.